The number of aromatic nitrogens is 1. The van der Waals surface area contributed by atoms with Crippen molar-refractivity contribution in [1.29, 1.82) is 0 Å². The van der Waals surface area contributed by atoms with Gasteiger partial charge in [-0.15, -0.1) is 0 Å². The fraction of sp³-hybridized carbons (Fsp3) is 0.500. The summed E-state index contributed by atoms with van der Waals surface area (Å²) in [4.78, 5) is 3.84. The average Bonchev–Trinajstić information content (AvgIpc) is 2.20. The molecule has 0 spiro atoms. The molecule has 0 amide bonds. The number of halogens is 2. The summed E-state index contributed by atoms with van der Waals surface area (Å²) >= 11 is 9.01. The molecular weight excluding hydrogens is 328 g/mol. The van der Waals surface area contributed by atoms with E-state index in [2.05, 4.69) is 20.9 Å². The highest BCUT2D eigenvalue weighted by atomic mass is 79.9. The molecule has 0 fully saturated rings. The second kappa shape index (κ2) is 5.65. The first kappa shape index (κ1) is 14.9. The molecule has 1 aromatic heterocycles. The van der Waals surface area contributed by atoms with Gasteiger partial charge in [0.2, 0.25) is 10.0 Å². The molecule has 0 aliphatic carbocycles. The molecule has 0 aliphatic rings. The van der Waals surface area contributed by atoms with E-state index in [0.717, 1.165) is 0 Å². The first-order chi connectivity index (χ1) is 7.75. The topological polar surface area (TPSA) is 50.3 Å². The zero-order valence-corrected chi connectivity index (χ0v) is 13.0. The van der Waals surface area contributed by atoms with Crippen molar-refractivity contribution in [2.24, 2.45) is 5.92 Å². The van der Waals surface area contributed by atoms with Crippen LogP contribution in [-0.2, 0) is 10.0 Å². The van der Waals surface area contributed by atoms with Crippen LogP contribution in [0.2, 0.25) is 5.15 Å². The van der Waals surface area contributed by atoms with Crippen LogP contribution in [0.15, 0.2) is 21.6 Å². The lowest BCUT2D eigenvalue weighted by Crippen LogP contribution is -2.30. The van der Waals surface area contributed by atoms with Crippen molar-refractivity contribution < 1.29 is 8.42 Å². The maximum absolute atomic E-state index is 12.2. The van der Waals surface area contributed by atoms with Crippen LogP contribution in [-0.4, -0.2) is 31.3 Å². The second-order valence-electron chi connectivity index (χ2n) is 4.12. The van der Waals surface area contributed by atoms with Crippen molar-refractivity contribution >= 4 is 37.6 Å². The average molecular weight is 342 g/mol. The summed E-state index contributed by atoms with van der Waals surface area (Å²) in [5, 5.41) is -0.0104. The monoisotopic (exact) mass is 340 g/mol. The van der Waals surface area contributed by atoms with Crippen molar-refractivity contribution in [2.75, 3.05) is 13.6 Å². The number of nitrogens with zero attached hydrogens (tertiary/aromatic N) is 2. The SMILES string of the molecule is CC(C)CN(C)S(=O)(=O)c1cc(Br)cnc1Cl. The van der Waals surface area contributed by atoms with Crippen LogP contribution in [0.4, 0.5) is 0 Å². The molecule has 1 heterocycles. The summed E-state index contributed by atoms with van der Waals surface area (Å²) in [6.45, 7) is 4.34. The summed E-state index contributed by atoms with van der Waals surface area (Å²) < 4.78 is 26.3. The molecule has 0 aromatic carbocycles. The van der Waals surface area contributed by atoms with Crippen molar-refractivity contribution in [3.8, 4) is 0 Å². The van der Waals surface area contributed by atoms with E-state index >= 15 is 0 Å². The predicted molar refractivity (Wildman–Crippen MR) is 71.6 cm³/mol. The van der Waals surface area contributed by atoms with Crippen LogP contribution in [0, 0.1) is 5.92 Å². The Hall–Kier alpha value is -0.170. The molecule has 0 unspecified atom stereocenters. The molecule has 0 saturated heterocycles. The maximum atomic E-state index is 12.2. The van der Waals surface area contributed by atoms with Crippen LogP contribution in [0.1, 0.15) is 13.8 Å². The van der Waals surface area contributed by atoms with Gasteiger partial charge in [0, 0.05) is 24.3 Å². The smallest absolute Gasteiger partial charge is 0.242 e. The molecular formula is C10H14BrClN2O2S. The molecule has 0 N–H and O–H groups in total. The van der Waals surface area contributed by atoms with Gasteiger partial charge in [0.1, 0.15) is 10.0 Å². The second-order valence-corrected chi connectivity index (χ2v) is 7.41. The Morgan fingerprint density at radius 1 is 1.53 bits per heavy atom. The summed E-state index contributed by atoms with van der Waals surface area (Å²) in [7, 11) is -2.04. The van der Waals surface area contributed by atoms with Gasteiger partial charge in [-0.25, -0.2) is 17.7 Å². The molecule has 0 atom stereocenters. The lowest BCUT2D eigenvalue weighted by molar-refractivity contribution is 0.417. The normalized spacial score (nSPS) is 12.4. The molecule has 0 radical (unpaired) electrons. The van der Waals surface area contributed by atoms with Gasteiger partial charge in [0.25, 0.3) is 0 Å². The van der Waals surface area contributed by atoms with Crippen LogP contribution in [0.5, 0.6) is 0 Å². The third-order valence-corrected chi connectivity index (χ3v) is 4.77. The van der Waals surface area contributed by atoms with E-state index in [1.165, 1.54) is 23.6 Å². The third-order valence-electron chi connectivity index (χ3n) is 2.08. The molecule has 17 heavy (non-hydrogen) atoms. The largest absolute Gasteiger partial charge is 0.245 e. The fourth-order valence-corrected chi connectivity index (χ4v) is 3.62. The Bertz CT molecular complexity index is 505. The summed E-state index contributed by atoms with van der Waals surface area (Å²) in [5.74, 6) is 0.244. The lowest BCUT2D eigenvalue weighted by atomic mass is 10.2. The molecule has 0 bridgehead atoms. The minimum absolute atomic E-state index is 0.0104. The lowest BCUT2D eigenvalue weighted by Gasteiger charge is -2.19. The quantitative estimate of drug-likeness (QED) is 0.791. The van der Waals surface area contributed by atoms with Gasteiger partial charge in [-0.2, -0.15) is 0 Å². The zero-order valence-electron chi connectivity index (χ0n) is 9.81. The van der Waals surface area contributed by atoms with Gasteiger partial charge in [-0.1, -0.05) is 25.4 Å². The molecule has 96 valence electrons. The molecule has 7 heteroatoms. The molecule has 0 aliphatic heterocycles. The Balaban J connectivity index is 3.17. The van der Waals surface area contributed by atoms with E-state index in [-0.39, 0.29) is 16.0 Å². The van der Waals surface area contributed by atoms with E-state index in [0.29, 0.717) is 11.0 Å². The van der Waals surface area contributed by atoms with Crippen LogP contribution in [0.25, 0.3) is 0 Å². The van der Waals surface area contributed by atoms with E-state index in [1.807, 2.05) is 13.8 Å². The summed E-state index contributed by atoms with van der Waals surface area (Å²) in [6.07, 6.45) is 1.46. The first-order valence-corrected chi connectivity index (χ1v) is 7.63. The summed E-state index contributed by atoms with van der Waals surface area (Å²) in [5.41, 5.74) is 0. The highest BCUT2D eigenvalue weighted by molar-refractivity contribution is 9.10. The standard InChI is InChI=1S/C10H14BrClN2O2S/c1-7(2)6-14(3)17(15,16)9-4-8(11)5-13-10(9)12/h4-5,7H,6H2,1-3H3. The van der Waals surface area contributed by atoms with Crippen molar-refractivity contribution in [3.63, 3.8) is 0 Å². The van der Waals surface area contributed by atoms with Gasteiger partial charge >= 0.3 is 0 Å². The van der Waals surface area contributed by atoms with Crippen LogP contribution in [0.3, 0.4) is 0 Å². The van der Waals surface area contributed by atoms with Gasteiger partial charge < -0.3 is 0 Å². The fourth-order valence-electron chi connectivity index (χ4n) is 1.37. The minimum atomic E-state index is -3.58. The van der Waals surface area contributed by atoms with E-state index in [4.69, 9.17) is 11.6 Å². The molecule has 1 rings (SSSR count). The maximum Gasteiger partial charge on any atom is 0.245 e. The van der Waals surface area contributed by atoms with Gasteiger partial charge in [-0.3, -0.25) is 0 Å². The van der Waals surface area contributed by atoms with Crippen molar-refractivity contribution in [2.45, 2.75) is 18.7 Å². The Morgan fingerprint density at radius 2 is 2.12 bits per heavy atom. The van der Waals surface area contributed by atoms with Crippen molar-refractivity contribution in [3.05, 3.63) is 21.9 Å². The highest BCUT2D eigenvalue weighted by Crippen LogP contribution is 2.25. The Labute approximate surface area is 115 Å². The number of hydrogen-bond donors (Lipinski definition) is 0. The number of rotatable bonds is 4. The van der Waals surface area contributed by atoms with Gasteiger partial charge in [0.15, 0.2) is 0 Å². The highest BCUT2D eigenvalue weighted by Gasteiger charge is 2.25. The Morgan fingerprint density at radius 3 is 2.65 bits per heavy atom. The predicted octanol–water partition coefficient (Wildman–Crippen LogP) is 2.77. The first-order valence-electron chi connectivity index (χ1n) is 5.02. The minimum Gasteiger partial charge on any atom is -0.242 e. The van der Waals surface area contributed by atoms with Crippen molar-refractivity contribution in [1.82, 2.24) is 9.29 Å². The van der Waals surface area contributed by atoms with E-state index < -0.39 is 10.0 Å². The van der Waals surface area contributed by atoms with E-state index in [9.17, 15) is 8.42 Å². The number of sulfonamides is 1. The molecule has 1 aromatic rings. The van der Waals surface area contributed by atoms with E-state index in [1.54, 1.807) is 0 Å². The number of pyridine rings is 1. The summed E-state index contributed by atoms with van der Waals surface area (Å²) in [6, 6.07) is 1.46. The van der Waals surface area contributed by atoms with Crippen LogP contribution >= 0.6 is 27.5 Å². The van der Waals surface area contributed by atoms with Gasteiger partial charge in [0.05, 0.1) is 0 Å². The molecule has 0 saturated carbocycles. The third kappa shape index (κ3) is 3.64. The molecule has 4 nitrogen and oxygen atoms in total. The Kier molecular flexibility index (Phi) is 4.95. The van der Waals surface area contributed by atoms with Gasteiger partial charge in [-0.05, 0) is 27.9 Å². The zero-order chi connectivity index (χ0) is 13.2. The number of hydrogen-bond acceptors (Lipinski definition) is 3. The van der Waals surface area contributed by atoms with Crippen LogP contribution < -0.4 is 0 Å².